The van der Waals surface area contributed by atoms with Crippen LogP contribution in [-0.4, -0.2) is 11.6 Å². The van der Waals surface area contributed by atoms with Gasteiger partial charge in [0.1, 0.15) is 0 Å². The van der Waals surface area contributed by atoms with Crippen molar-refractivity contribution in [1.29, 1.82) is 5.26 Å². The van der Waals surface area contributed by atoms with E-state index in [4.69, 9.17) is 5.26 Å². The molecular weight excluding hydrogens is 104 g/mol. The first kappa shape index (κ1) is 4.78. The van der Waals surface area contributed by atoms with E-state index in [9.17, 15) is 0 Å². The van der Waals surface area contributed by atoms with Gasteiger partial charge in [0.2, 0.25) is 6.19 Å². The van der Waals surface area contributed by atoms with Crippen LogP contribution < -0.4 is 0 Å². The van der Waals surface area contributed by atoms with Crippen LogP contribution in [-0.2, 0) is 0 Å². The summed E-state index contributed by atoms with van der Waals surface area (Å²) in [5.41, 5.74) is 0.631. The molecule has 1 aliphatic heterocycles. The molecule has 0 bridgehead atoms. The molecular formula is C4H4N4. The van der Waals surface area contributed by atoms with E-state index in [1.54, 1.807) is 6.19 Å². The lowest BCUT2D eigenvalue weighted by Gasteiger charge is -1.92. The average Bonchev–Trinajstić information content (AvgIpc) is 2.14. The Bertz CT molecular complexity index is 175. The smallest absolute Gasteiger partial charge is 0.175 e. The van der Waals surface area contributed by atoms with Crippen molar-refractivity contribution in [3.05, 3.63) is 12.3 Å². The van der Waals surface area contributed by atoms with Gasteiger partial charge in [-0.25, -0.2) is 0 Å². The van der Waals surface area contributed by atoms with Gasteiger partial charge in [-0.15, -0.1) is 5.11 Å². The Balaban J connectivity index is 2.62. The van der Waals surface area contributed by atoms with Crippen LogP contribution in [0, 0.1) is 11.5 Å². The molecule has 0 aromatic heterocycles. The fraction of sp³-hybridized carbons (Fsp3) is 0.250. The van der Waals surface area contributed by atoms with Crippen LogP contribution in [0.5, 0.6) is 0 Å². The molecule has 1 aliphatic rings. The molecule has 1 heterocycles. The summed E-state index contributed by atoms with van der Waals surface area (Å²) < 4.78 is 0. The maximum Gasteiger partial charge on any atom is 0.203 e. The van der Waals surface area contributed by atoms with Crippen LogP contribution in [0.4, 0.5) is 0 Å². The van der Waals surface area contributed by atoms with Gasteiger partial charge in [-0.05, 0) is 0 Å². The quantitative estimate of drug-likeness (QED) is 0.428. The van der Waals surface area contributed by atoms with Crippen LogP contribution >= 0.6 is 0 Å². The second kappa shape index (κ2) is 1.62. The summed E-state index contributed by atoms with van der Waals surface area (Å²) in [6, 6.07) is 0. The van der Waals surface area contributed by atoms with Crippen molar-refractivity contribution in [2.24, 2.45) is 10.3 Å². The van der Waals surface area contributed by atoms with Gasteiger partial charge >= 0.3 is 0 Å². The maximum atomic E-state index is 8.16. The Hall–Kier alpha value is -1.37. The lowest BCUT2D eigenvalue weighted by atomic mass is 10.5. The Morgan fingerprint density at radius 3 is 2.88 bits per heavy atom. The summed E-state index contributed by atoms with van der Waals surface area (Å²) in [6.07, 6.45) is 1.81. The minimum Gasteiger partial charge on any atom is -0.175 e. The SMILES string of the molecule is C=C1CN(C#N)N=N1. The molecule has 0 N–H and O–H groups in total. The second-order valence-electron chi connectivity index (χ2n) is 1.41. The Kier molecular flexibility index (Phi) is 0.968. The van der Waals surface area contributed by atoms with Gasteiger partial charge in [0, 0.05) is 0 Å². The van der Waals surface area contributed by atoms with Crippen molar-refractivity contribution >= 4 is 0 Å². The van der Waals surface area contributed by atoms with Crippen molar-refractivity contribution in [3.8, 4) is 6.19 Å². The van der Waals surface area contributed by atoms with Crippen LogP contribution in [0.2, 0.25) is 0 Å². The molecule has 4 nitrogen and oxygen atoms in total. The number of hydrogen-bond donors (Lipinski definition) is 0. The summed E-state index contributed by atoms with van der Waals surface area (Å²) in [4.78, 5) is 0. The molecule has 0 fully saturated rings. The molecule has 0 radical (unpaired) electrons. The zero-order valence-corrected chi connectivity index (χ0v) is 4.20. The van der Waals surface area contributed by atoms with E-state index in [0.717, 1.165) is 0 Å². The topological polar surface area (TPSA) is 51.8 Å². The third-order valence-electron chi connectivity index (χ3n) is 0.742. The van der Waals surface area contributed by atoms with E-state index in [1.165, 1.54) is 5.01 Å². The third-order valence-corrected chi connectivity index (χ3v) is 0.742. The molecule has 0 aromatic rings. The zero-order chi connectivity index (χ0) is 5.98. The maximum absolute atomic E-state index is 8.16. The van der Waals surface area contributed by atoms with Gasteiger partial charge in [-0.1, -0.05) is 11.8 Å². The van der Waals surface area contributed by atoms with Gasteiger partial charge in [-0.3, -0.25) is 0 Å². The zero-order valence-electron chi connectivity index (χ0n) is 4.20. The van der Waals surface area contributed by atoms with Gasteiger partial charge in [-0.2, -0.15) is 10.3 Å². The molecule has 0 saturated carbocycles. The minimum atomic E-state index is 0.441. The monoisotopic (exact) mass is 108 g/mol. The molecule has 0 amide bonds. The summed E-state index contributed by atoms with van der Waals surface area (Å²) in [7, 11) is 0. The highest BCUT2D eigenvalue weighted by atomic mass is 15.6. The molecule has 0 spiro atoms. The van der Waals surface area contributed by atoms with Gasteiger partial charge in [0.25, 0.3) is 0 Å². The first-order valence-electron chi connectivity index (χ1n) is 2.09. The van der Waals surface area contributed by atoms with E-state index < -0.39 is 0 Å². The highest BCUT2D eigenvalue weighted by Gasteiger charge is 2.07. The summed E-state index contributed by atoms with van der Waals surface area (Å²) in [5, 5.41) is 16.3. The van der Waals surface area contributed by atoms with Gasteiger partial charge in [0.15, 0.2) is 0 Å². The highest BCUT2D eigenvalue weighted by Crippen LogP contribution is 2.06. The number of hydrogen-bond acceptors (Lipinski definition) is 4. The van der Waals surface area contributed by atoms with E-state index in [-0.39, 0.29) is 0 Å². The van der Waals surface area contributed by atoms with Crippen LogP contribution in [0.25, 0.3) is 0 Å². The van der Waals surface area contributed by atoms with Crippen LogP contribution in [0.1, 0.15) is 0 Å². The fourth-order valence-corrected chi connectivity index (χ4v) is 0.409. The standard InChI is InChI=1S/C4H4N4/c1-4-2-8(3-5)7-6-4/h1-2H2. The van der Waals surface area contributed by atoms with Gasteiger partial charge < -0.3 is 0 Å². The number of rotatable bonds is 0. The summed E-state index contributed by atoms with van der Waals surface area (Å²) >= 11 is 0. The molecule has 4 heteroatoms. The van der Waals surface area contributed by atoms with Crippen LogP contribution in [0.3, 0.4) is 0 Å². The number of nitriles is 1. The van der Waals surface area contributed by atoms with Crippen molar-refractivity contribution in [3.63, 3.8) is 0 Å². The second-order valence-corrected chi connectivity index (χ2v) is 1.41. The molecule has 0 aliphatic carbocycles. The van der Waals surface area contributed by atoms with E-state index in [1.807, 2.05) is 0 Å². The largest absolute Gasteiger partial charge is 0.203 e. The van der Waals surface area contributed by atoms with Crippen LogP contribution in [0.15, 0.2) is 22.6 Å². The van der Waals surface area contributed by atoms with Crippen molar-refractivity contribution in [1.82, 2.24) is 5.01 Å². The summed E-state index contributed by atoms with van der Waals surface area (Å²) in [6.45, 7) is 3.94. The molecule has 40 valence electrons. The van der Waals surface area contributed by atoms with E-state index in [2.05, 4.69) is 16.9 Å². The highest BCUT2D eigenvalue weighted by molar-refractivity contribution is 4.98. The summed E-state index contributed by atoms with van der Waals surface area (Å²) in [5.74, 6) is 0. The number of nitrogens with zero attached hydrogens (tertiary/aromatic N) is 4. The van der Waals surface area contributed by atoms with Crippen molar-refractivity contribution in [2.75, 3.05) is 6.54 Å². The molecule has 0 unspecified atom stereocenters. The molecule has 0 saturated heterocycles. The fourth-order valence-electron chi connectivity index (χ4n) is 0.409. The predicted octanol–water partition coefficient (Wildman–Crippen LogP) is 0.664. The first-order valence-corrected chi connectivity index (χ1v) is 2.09. The van der Waals surface area contributed by atoms with E-state index in [0.29, 0.717) is 12.2 Å². The van der Waals surface area contributed by atoms with Gasteiger partial charge in [0.05, 0.1) is 12.2 Å². The van der Waals surface area contributed by atoms with Crippen molar-refractivity contribution < 1.29 is 0 Å². The van der Waals surface area contributed by atoms with Crippen molar-refractivity contribution in [2.45, 2.75) is 0 Å². The van der Waals surface area contributed by atoms with E-state index >= 15 is 0 Å². The molecule has 8 heavy (non-hydrogen) atoms. The molecule has 0 atom stereocenters. The lowest BCUT2D eigenvalue weighted by Crippen LogP contribution is -2.05. The Labute approximate surface area is 46.7 Å². The lowest BCUT2D eigenvalue weighted by molar-refractivity contribution is 0.470. The minimum absolute atomic E-state index is 0.441. The Morgan fingerprint density at radius 1 is 1.88 bits per heavy atom. The average molecular weight is 108 g/mol. The molecule has 0 aromatic carbocycles. The predicted molar refractivity (Wildman–Crippen MR) is 26.3 cm³/mol. The Morgan fingerprint density at radius 2 is 2.62 bits per heavy atom. The third kappa shape index (κ3) is 0.658. The normalized spacial score (nSPS) is 16.9. The molecule has 1 rings (SSSR count). The first-order chi connectivity index (χ1) is 3.83.